The number of carbonyl (C=O) groups is 1. The molecule has 3 aliphatic rings. The van der Waals surface area contributed by atoms with Crippen LogP contribution in [0.15, 0.2) is 37.1 Å². The summed E-state index contributed by atoms with van der Waals surface area (Å²) in [7, 11) is 0. The van der Waals surface area contributed by atoms with Crippen LogP contribution in [0.1, 0.15) is 24.0 Å². The fourth-order valence-corrected chi connectivity index (χ4v) is 4.88. The Balaban J connectivity index is 1.22. The number of ether oxygens (including phenoxy) is 1. The van der Waals surface area contributed by atoms with Gasteiger partial charge in [-0.05, 0) is 48.6 Å². The number of hydrogen-bond donors (Lipinski definition) is 2. The van der Waals surface area contributed by atoms with Gasteiger partial charge in [0.25, 0.3) is 0 Å². The number of nitrogens with one attached hydrogen (secondary N) is 2. The van der Waals surface area contributed by atoms with Crippen molar-refractivity contribution in [1.29, 1.82) is 0 Å². The zero-order valence-electron chi connectivity index (χ0n) is 19.3. The number of rotatable bonds is 7. The number of amides is 1. The first kappa shape index (κ1) is 22.7. The first-order valence-electron chi connectivity index (χ1n) is 12.0. The number of likely N-dealkylation sites (tertiary alicyclic amines) is 1. The molecule has 0 bridgehead atoms. The van der Waals surface area contributed by atoms with Gasteiger partial charge in [0.1, 0.15) is 0 Å². The molecule has 2 N–H and O–H groups in total. The molecule has 0 unspecified atom stereocenters. The summed E-state index contributed by atoms with van der Waals surface area (Å²) in [5, 5.41) is 6.38. The number of carbonyl (C=O) groups excluding carboxylic acids is 1. The highest BCUT2D eigenvalue weighted by Gasteiger charge is 2.25. The van der Waals surface area contributed by atoms with Gasteiger partial charge in [0, 0.05) is 50.4 Å². The lowest BCUT2D eigenvalue weighted by atomic mass is 9.97. The summed E-state index contributed by atoms with van der Waals surface area (Å²) in [5.41, 5.74) is 3.55. The van der Waals surface area contributed by atoms with E-state index >= 15 is 0 Å². The van der Waals surface area contributed by atoms with Gasteiger partial charge >= 0.3 is 0 Å². The highest BCUT2D eigenvalue weighted by molar-refractivity contribution is 5.87. The maximum Gasteiger partial charge on any atom is 0.246 e. The van der Waals surface area contributed by atoms with E-state index in [1.54, 1.807) is 4.90 Å². The lowest BCUT2D eigenvalue weighted by Crippen LogP contribution is -2.44. The maximum absolute atomic E-state index is 14.4. The molecule has 2 saturated heterocycles. The van der Waals surface area contributed by atoms with Crippen molar-refractivity contribution in [2.24, 2.45) is 5.92 Å². The Hall–Kier alpha value is -3.04. The molecule has 1 aromatic heterocycles. The number of fused-ring (bicyclic) bond motifs is 1. The van der Waals surface area contributed by atoms with Crippen LogP contribution < -0.4 is 10.6 Å². The van der Waals surface area contributed by atoms with E-state index in [2.05, 4.69) is 44.2 Å². The second-order valence-corrected chi connectivity index (χ2v) is 9.36. The zero-order chi connectivity index (χ0) is 23.5. The van der Waals surface area contributed by atoms with Crippen molar-refractivity contribution in [3.63, 3.8) is 0 Å². The first-order chi connectivity index (χ1) is 16.6. The average Bonchev–Trinajstić information content (AvgIpc) is 2.83. The van der Waals surface area contributed by atoms with Crippen molar-refractivity contribution in [1.82, 2.24) is 19.8 Å². The summed E-state index contributed by atoms with van der Waals surface area (Å²) in [4.78, 5) is 24.7. The van der Waals surface area contributed by atoms with Crippen LogP contribution in [0.5, 0.6) is 0 Å². The summed E-state index contributed by atoms with van der Waals surface area (Å²) >= 11 is 0. The third-order valence-electron chi connectivity index (χ3n) is 6.77. The molecular formula is C25H31FN6O2. The molecule has 9 heteroatoms. The van der Waals surface area contributed by atoms with Gasteiger partial charge in [-0.15, -0.1) is 0 Å². The van der Waals surface area contributed by atoms with Gasteiger partial charge < -0.3 is 20.3 Å². The molecule has 2 fully saturated rings. The first-order valence-corrected chi connectivity index (χ1v) is 12.0. The van der Waals surface area contributed by atoms with Gasteiger partial charge in [-0.1, -0.05) is 12.6 Å². The minimum atomic E-state index is -0.514. The van der Waals surface area contributed by atoms with E-state index in [4.69, 9.17) is 4.74 Å². The van der Waals surface area contributed by atoms with Crippen molar-refractivity contribution in [2.75, 3.05) is 50.0 Å². The number of hydrogen-bond acceptors (Lipinski definition) is 7. The van der Waals surface area contributed by atoms with Crippen molar-refractivity contribution in [3.05, 3.63) is 54.0 Å². The van der Waals surface area contributed by atoms with E-state index in [9.17, 15) is 9.18 Å². The third-order valence-corrected chi connectivity index (χ3v) is 6.77. The van der Waals surface area contributed by atoms with Crippen LogP contribution in [-0.2, 0) is 22.5 Å². The van der Waals surface area contributed by atoms with E-state index in [-0.39, 0.29) is 17.8 Å². The zero-order valence-corrected chi connectivity index (χ0v) is 19.3. The predicted octanol–water partition coefficient (Wildman–Crippen LogP) is 2.95. The predicted molar refractivity (Wildman–Crippen MR) is 128 cm³/mol. The summed E-state index contributed by atoms with van der Waals surface area (Å²) in [6.07, 6.45) is 5.17. The van der Waals surface area contributed by atoms with Crippen molar-refractivity contribution in [3.8, 4) is 0 Å². The van der Waals surface area contributed by atoms with Crippen molar-refractivity contribution < 1.29 is 13.9 Å². The van der Waals surface area contributed by atoms with Crippen LogP contribution in [0.2, 0.25) is 0 Å². The molecule has 2 aromatic rings. The smallest absolute Gasteiger partial charge is 0.246 e. The minimum Gasteiger partial charge on any atom is -0.381 e. The second-order valence-electron chi connectivity index (χ2n) is 9.36. The van der Waals surface area contributed by atoms with Gasteiger partial charge in [0.15, 0.2) is 11.6 Å². The van der Waals surface area contributed by atoms with E-state index in [1.807, 2.05) is 6.07 Å². The summed E-state index contributed by atoms with van der Waals surface area (Å²) in [5.74, 6) is 0.523. The third kappa shape index (κ3) is 5.20. The van der Waals surface area contributed by atoms with Crippen LogP contribution in [0.25, 0.3) is 0 Å². The molecule has 0 aliphatic carbocycles. The number of nitrogens with zero attached hydrogens (tertiary/aromatic N) is 4. The number of halogens is 1. The minimum absolute atomic E-state index is 0.0758. The molecule has 4 heterocycles. The largest absolute Gasteiger partial charge is 0.381 e. The summed E-state index contributed by atoms with van der Waals surface area (Å²) in [6.45, 7) is 9.59. The van der Waals surface area contributed by atoms with Crippen LogP contribution >= 0.6 is 0 Å². The van der Waals surface area contributed by atoms with E-state index in [0.29, 0.717) is 25.0 Å². The van der Waals surface area contributed by atoms with Gasteiger partial charge in [-0.3, -0.25) is 9.69 Å². The van der Waals surface area contributed by atoms with E-state index < -0.39 is 5.82 Å². The highest BCUT2D eigenvalue weighted by atomic mass is 19.1. The quantitative estimate of drug-likeness (QED) is 0.607. The van der Waals surface area contributed by atoms with E-state index in [0.717, 1.165) is 57.8 Å². The van der Waals surface area contributed by atoms with Gasteiger partial charge in [0.2, 0.25) is 11.9 Å². The number of anilines is 3. The number of aromatic nitrogens is 2. The Morgan fingerprint density at radius 2 is 2.18 bits per heavy atom. The summed E-state index contributed by atoms with van der Waals surface area (Å²) in [6, 6.07) is 6.23. The molecular weight excluding hydrogens is 435 g/mol. The molecule has 0 saturated carbocycles. The molecule has 180 valence electrons. The Bertz CT molecular complexity index is 1060. The molecule has 3 aliphatic heterocycles. The summed E-state index contributed by atoms with van der Waals surface area (Å²) < 4.78 is 19.7. The van der Waals surface area contributed by atoms with Crippen molar-refractivity contribution >= 4 is 23.4 Å². The van der Waals surface area contributed by atoms with Gasteiger partial charge in [-0.25, -0.2) is 9.37 Å². The molecule has 34 heavy (non-hydrogen) atoms. The lowest BCUT2D eigenvalue weighted by molar-refractivity contribution is -0.127. The van der Waals surface area contributed by atoms with Crippen LogP contribution in [0, 0.1) is 11.7 Å². The molecule has 8 nitrogen and oxygen atoms in total. The van der Waals surface area contributed by atoms with Gasteiger partial charge in [-0.2, -0.15) is 4.98 Å². The van der Waals surface area contributed by atoms with Crippen LogP contribution in [0.3, 0.4) is 0 Å². The average molecular weight is 467 g/mol. The topological polar surface area (TPSA) is 82.6 Å². The SMILES string of the molecule is C=CC(=O)N1CCC[C@@H](Nc2nc(Nc3ccc4c(c3)CCN(CC3COC3)C4)ncc2F)C1. The lowest BCUT2D eigenvalue weighted by Gasteiger charge is -2.35. The fraction of sp³-hybridized carbons (Fsp3) is 0.480. The fourth-order valence-electron chi connectivity index (χ4n) is 4.88. The molecule has 5 rings (SSSR count). The molecule has 1 amide bonds. The normalized spacial score (nSPS) is 20.9. The maximum atomic E-state index is 14.4. The Kier molecular flexibility index (Phi) is 6.73. The Labute approximate surface area is 199 Å². The van der Waals surface area contributed by atoms with E-state index in [1.165, 1.54) is 23.4 Å². The Morgan fingerprint density at radius 1 is 1.29 bits per heavy atom. The molecule has 1 aromatic carbocycles. The molecule has 0 radical (unpaired) electrons. The molecule has 1 atom stereocenters. The standard InChI is InChI=1S/C25H31FN6O2/c1-2-23(33)32-8-3-4-21(14-32)28-24-22(26)11-27-25(30-24)29-20-6-5-19-13-31(9-7-18(19)10-20)12-17-15-34-16-17/h2,5-6,10-11,17,21H,1,3-4,7-9,12-16H2,(H2,27,28,29,30)/t21-/m1/s1. The number of piperidine rings is 1. The van der Waals surface area contributed by atoms with Crippen molar-refractivity contribution in [2.45, 2.75) is 31.8 Å². The monoisotopic (exact) mass is 466 g/mol. The highest BCUT2D eigenvalue weighted by Crippen LogP contribution is 2.26. The van der Waals surface area contributed by atoms with Gasteiger partial charge in [0.05, 0.1) is 19.4 Å². The van der Waals surface area contributed by atoms with Crippen LogP contribution in [0.4, 0.5) is 21.8 Å². The Morgan fingerprint density at radius 3 is 2.97 bits per heavy atom. The van der Waals surface area contributed by atoms with Crippen LogP contribution in [-0.4, -0.2) is 71.1 Å². The second kappa shape index (κ2) is 10.1. The molecule has 0 spiro atoms. The number of benzene rings is 1.